The highest BCUT2D eigenvalue weighted by Crippen LogP contribution is 2.28. The Morgan fingerprint density at radius 1 is 0.963 bits per heavy atom. The molecule has 0 unspecified atom stereocenters. The molecule has 0 amide bonds. The summed E-state index contributed by atoms with van der Waals surface area (Å²) in [7, 11) is 0. The van der Waals surface area contributed by atoms with Gasteiger partial charge < -0.3 is 4.90 Å². The number of nitrogens with zero attached hydrogens (tertiary/aromatic N) is 7. The van der Waals surface area contributed by atoms with Crippen LogP contribution in [0.5, 0.6) is 0 Å². The van der Waals surface area contributed by atoms with Crippen molar-refractivity contribution in [3.05, 3.63) is 48.0 Å². The second kappa shape index (κ2) is 7.23. The molecule has 0 atom stereocenters. The summed E-state index contributed by atoms with van der Waals surface area (Å²) in [5, 5.41) is 13.7. The van der Waals surface area contributed by atoms with Crippen LogP contribution in [0.4, 0.5) is 5.82 Å². The van der Waals surface area contributed by atoms with E-state index in [0.717, 1.165) is 62.9 Å². The number of rotatable bonds is 4. The fourth-order valence-corrected chi connectivity index (χ4v) is 4.26. The van der Waals surface area contributed by atoms with Gasteiger partial charge in [-0.25, -0.2) is 0 Å². The van der Waals surface area contributed by atoms with Crippen LogP contribution in [0.3, 0.4) is 0 Å². The molecule has 2 saturated heterocycles. The average Bonchev–Trinajstić information content (AvgIpc) is 3.39. The van der Waals surface area contributed by atoms with Crippen LogP contribution in [0.15, 0.2) is 36.7 Å². The van der Waals surface area contributed by atoms with E-state index in [4.69, 9.17) is 5.10 Å². The minimum absolute atomic E-state index is 0.423. The standard InChI is InChI=1S/C20H25N7/c1-2-11-26(10-1)19-6-5-18-22-23-20(27(18)24-19)17-7-12-25(13-8-17)15-16-4-3-9-21-14-16/h3-6,9,14,17H,1-2,7-8,10-13,15H2. The molecular formula is C20H25N7. The first-order valence-corrected chi connectivity index (χ1v) is 9.95. The molecule has 3 aromatic rings. The Hall–Kier alpha value is -2.54. The van der Waals surface area contributed by atoms with Crippen LogP contribution >= 0.6 is 0 Å². The third kappa shape index (κ3) is 3.39. The molecule has 0 bridgehead atoms. The second-order valence-corrected chi connectivity index (χ2v) is 7.63. The molecule has 2 aliphatic heterocycles. The molecule has 2 aliphatic rings. The van der Waals surface area contributed by atoms with Gasteiger partial charge in [-0.1, -0.05) is 6.07 Å². The number of aromatic nitrogens is 5. The van der Waals surface area contributed by atoms with Crippen LogP contribution in [-0.4, -0.2) is 55.9 Å². The van der Waals surface area contributed by atoms with Gasteiger partial charge in [-0.3, -0.25) is 9.88 Å². The van der Waals surface area contributed by atoms with E-state index in [1.165, 1.54) is 18.4 Å². The summed E-state index contributed by atoms with van der Waals surface area (Å²) in [6, 6.07) is 8.28. The average molecular weight is 363 g/mol. The Morgan fingerprint density at radius 3 is 2.59 bits per heavy atom. The SMILES string of the molecule is c1cncc(CN2CCC(c3nnc4ccc(N5CCCC5)nn34)CC2)c1. The number of piperidine rings is 1. The lowest BCUT2D eigenvalue weighted by Gasteiger charge is -2.31. The molecule has 0 aromatic carbocycles. The van der Waals surface area contributed by atoms with Gasteiger partial charge in [0.15, 0.2) is 11.5 Å². The largest absolute Gasteiger partial charge is 0.355 e. The number of hydrogen-bond donors (Lipinski definition) is 0. The summed E-state index contributed by atoms with van der Waals surface area (Å²) in [5.41, 5.74) is 2.13. The highest BCUT2D eigenvalue weighted by molar-refractivity contribution is 5.46. The molecule has 5 rings (SSSR count). The van der Waals surface area contributed by atoms with E-state index in [1.54, 1.807) is 0 Å². The molecule has 0 radical (unpaired) electrons. The van der Waals surface area contributed by atoms with Crippen LogP contribution in [0.1, 0.15) is 43.0 Å². The zero-order chi connectivity index (χ0) is 18.1. The molecular weight excluding hydrogens is 338 g/mol. The van der Waals surface area contributed by atoms with E-state index >= 15 is 0 Å². The van der Waals surface area contributed by atoms with Crippen molar-refractivity contribution in [2.24, 2.45) is 0 Å². The molecule has 2 fully saturated rings. The number of pyridine rings is 1. The highest BCUT2D eigenvalue weighted by Gasteiger charge is 2.25. The lowest BCUT2D eigenvalue weighted by atomic mass is 9.96. The molecule has 140 valence electrons. The van der Waals surface area contributed by atoms with Crippen molar-refractivity contribution >= 4 is 11.5 Å². The van der Waals surface area contributed by atoms with Gasteiger partial charge in [0.2, 0.25) is 0 Å². The summed E-state index contributed by atoms with van der Waals surface area (Å²) in [6.07, 6.45) is 8.49. The second-order valence-electron chi connectivity index (χ2n) is 7.63. The van der Waals surface area contributed by atoms with Crippen LogP contribution in [-0.2, 0) is 6.54 Å². The number of likely N-dealkylation sites (tertiary alicyclic amines) is 1. The smallest absolute Gasteiger partial charge is 0.178 e. The van der Waals surface area contributed by atoms with E-state index < -0.39 is 0 Å². The number of anilines is 1. The van der Waals surface area contributed by atoms with E-state index in [-0.39, 0.29) is 0 Å². The van der Waals surface area contributed by atoms with Crippen molar-refractivity contribution in [1.29, 1.82) is 0 Å². The van der Waals surface area contributed by atoms with Gasteiger partial charge >= 0.3 is 0 Å². The van der Waals surface area contributed by atoms with Crippen molar-refractivity contribution in [3.63, 3.8) is 0 Å². The van der Waals surface area contributed by atoms with E-state index in [2.05, 4.69) is 43.2 Å². The van der Waals surface area contributed by atoms with Crippen LogP contribution in [0.25, 0.3) is 5.65 Å². The summed E-state index contributed by atoms with van der Waals surface area (Å²) in [5.74, 6) is 2.49. The normalized spacial score (nSPS) is 19.2. The summed E-state index contributed by atoms with van der Waals surface area (Å²) in [4.78, 5) is 9.08. The van der Waals surface area contributed by atoms with Gasteiger partial charge in [0.1, 0.15) is 5.82 Å². The quantitative estimate of drug-likeness (QED) is 0.710. The van der Waals surface area contributed by atoms with Gasteiger partial charge in [-0.05, 0) is 62.5 Å². The maximum Gasteiger partial charge on any atom is 0.178 e. The van der Waals surface area contributed by atoms with E-state index in [1.807, 2.05) is 23.0 Å². The molecule has 5 heterocycles. The van der Waals surface area contributed by atoms with Gasteiger partial charge in [-0.2, -0.15) is 4.52 Å². The zero-order valence-electron chi connectivity index (χ0n) is 15.5. The van der Waals surface area contributed by atoms with Crippen molar-refractivity contribution in [1.82, 2.24) is 29.7 Å². The predicted molar refractivity (Wildman–Crippen MR) is 104 cm³/mol. The molecule has 0 saturated carbocycles. The first-order valence-electron chi connectivity index (χ1n) is 9.95. The van der Waals surface area contributed by atoms with Crippen molar-refractivity contribution in [2.75, 3.05) is 31.1 Å². The maximum absolute atomic E-state index is 4.87. The van der Waals surface area contributed by atoms with Crippen molar-refractivity contribution in [2.45, 2.75) is 38.1 Å². The molecule has 7 heteroatoms. The molecule has 7 nitrogen and oxygen atoms in total. The van der Waals surface area contributed by atoms with Gasteiger partial charge in [0.25, 0.3) is 0 Å². The van der Waals surface area contributed by atoms with E-state index in [0.29, 0.717) is 5.92 Å². The lowest BCUT2D eigenvalue weighted by molar-refractivity contribution is 0.200. The fraction of sp³-hybridized carbons (Fsp3) is 0.500. The molecule has 0 spiro atoms. The van der Waals surface area contributed by atoms with Crippen molar-refractivity contribution in [3.8, 4) is 0 Å². The van der Waals surface area contributed by atoms with Crippen LogP contribution in [0, 0.1) is 0 Å². The van der Waals surface area contributed by atoms with Crippen LogP contribution in [0.2, 0.25) is 0 Å². The third-order valence-corrected chi connectivity index (χ3v) is 5.78. The first kappa shape index (κ1) is 16.6. The van der Waals surface area contributed by atoms with Gasteiger partial charge in [0, 0.05) is 37.9 Å². The summed E-state index contributed by atoms with van der Waals surface area (Å²) >= 11 is 0. The molecule has 3 aromatic heterocycles. The maximum atomic E-state index is 4.87. The Morgan fingerprint density at radius 2 is 1.81 bits per heavy atom. The van der Waals surface area contributed by atoms with E-state index in [9.17, 15) is 0 Å². The minimum Gasteiger partial charge on any atom is -0.355 e. The number of fused-ring (bicyclic) bond motifs is 1. The minimum atomic E-state index is 0.423. The van der Waals surface area contributed by atoms with Gasteiger partial charge in [0.05, 0.1) is 0 Å². The lowest BCUT2D eigenvalue weighted by Crippen LogP contribution is -2.33. The number of hydrogen-bond acceptors (Lipinski definition) is 6. The Bertz CT molecular complexity index is 893. The monoisotopic (exact) mass is 363 g/mol. The Labute approximate surface area is 159 Å². The first-order chi connectivity index (χ1) is 13.4. The zero-order valence-corrected chi connectivity index (χ0v) is 15.5. The van der Waals surface area contributed by atoms with Crippen LogP contribution < -0.4 is 4.90 Å². The van der Waals surface area contributed by atoms with Crippen molar-refractivity contribution < 1.29 is 0 Å². The summed E-state index contributed by atoms with van der Waals surface area (Å²) in [6.45, 7) is 5.31. The predicted octanol–water partition coefficient (Wildman–Crippen LogP) is 2.50. The topological polar surface area (TPSA) is 62.5 Å². The molecule has 27 heavy (non-hydrogen) atoms. The third-order valence-electron chi connectivity index (χ3n) is 5.78. The highest BCUT2D eigenvalue weighted by atomic mass is 15.4. The summed E-state index contributed by atoms with van der Waals surface area (Å²) < 4.78 is 1.98. The Kier molecular flexibility index (Phi) is 4.45. The molecule has 0 N–H and O–H groups in total. The van der Waals surface area contributed by atoms with Gasteiger partial charge in [-0.15, -0.1) is 15.3 Å². The Balaban J connectivity index is 1.30. The fourth-order valence-electron chi connectivity index (χ4n) is 4.26. The molecule has 0 aliphatic carbocycles.